The van der Waals surface area contributed by atoms with Gasteiger partial charge in [0.1, 0.15) is 42.1 Å². The van der Waals surface area contributed by atoms with Crippen molar-refractivity contribution in [3.63, 3.8) is 0 Å². The maximum Gasteiger partial charge on any atom is 0.249 e. The molecule has 3 fully saturated rings. The standard InChI is InChI=1S/C32H51N7O5.C31H48FN7O5.C31H49N7O5/c1-5-24-29(43)38-26(22-14-9-8-10-15-22)30(44)35-18-12-7-6-11-17-32(4,39-27(41)21(2)3)25(40)20-23(28(42)37-24)16-13-19-36-31(33)34;1-6-23-28(43)37-25(20-11-13-22(32)14-12-20)29(44)39(5)17-8-7-15-31(4,38-26(41)19(2)3)24(40)18-21(27(42)36-23)10-9-16-35-30(33)34;1-6-23-28(42)36-25(21-13-8-7-9-14-21)29(43)38(5)18-11-10-16-31(4,37-26(40)20(2)3)24(39)19-22(27(41)35-23)15-12-17-34-30(32)33/h8-10,14-15,21,23-24,26H,5-7,11-13,16-20H2,1-4H3,(H,35,44)(H,37,42)(H,38,43)(H,39,41)(H4,33,34,36);11-14,19,21,23,25H,6-10,15-18H2,1-5H3,(H,36,42)(H,37,43)(H,38,41)(H4,33,34,35);7-9,13-14,20,22-23,25H,6,10-12,15-19H2,1-5H3,(H,35,41)(H,36,42)(H,37,40)(H4,32,33,34)/t23-,24+,26-,32-;21-,23+,25-,31-;22-,23+,25-,31-/m111/s1. The van der Waals surface area contributed by atoms with Gasteiger partial charge in [0.2, 0.25) is 70.9 Å². The molecule has 0 unspecified atom stereocenters. The second kappa shape index (κ2) is 55.9. The fourth-order valence-corrected chi connectivity index (χ4v) is 15.1. The first-order valence-corrected chi connectivity index (χ1v) is 46.0. The van der Waals surface area contributed by atoms with Gasteiger partial charge in [0.15, 0.2) is 35.2 Å². The molecule has 3 aromatic rings. The Morgan fingerprint density at radius 1 is 0.397 bits per heavy atom. The minimum absolute atomic E-state index is 0.0704. The van der Waals surface area contributed by atoms with Crippen molar-refractivity contribution < 1.29 is 76.3 Å². The van der Waals surface area contributed by atoms with Crippen LogP contribution in [-0.4, -0.2) is 204 Å². The van der Waals surface area contributed by atoms with Gasteiger partial charge in [-0.25, -0.2) is 4.39 Å². The van der Waals surface area contributed by atoms with E-state index in [9.17, 15) is 76.3 Å². The molecule has 6 rings (SSSR count). The molecule has 131 heavy (non-hydrogen) atoms. The van der Waals surface area contributed by atoms with Gasteiger partial charge in [-0.05, 0) is 159 Å². The Hall–Kier alpha value is -12.0. The summed E-state index contributed by atoms with van der Waals surface area (Å²) in [5.74, 6) is -9.88. The van der Waals surface area contributed by atoms with Crippen LogP contribution in [0.1, 0.15) is 266 Å². The summed E-state index contributed by atoms with van der Waals surface area (Å²) in [6, 6.07) is 17.3. The lowest BCUT2D eigenvalue weighted by Crippen LogP contribution is -2.55. The third kappa shape index (κ3) is 37.8. The summed E-state index contributed by atoms with van der Waals surface area (Å²) >= 11 is 0. The SMILES string of the molecule is CC[C@@H]1NC(=O)[C@H](CCCN=C(N)N)CC(=O)[C@](C)(NC(=O)C(C)C)CCCCCCNC(=O)[C@@H](c2ccccc2)NC1=O.CC[C@@H]1NC(=O)[C@H](CCCN=C(N)N)CC(=O)[C@](C)(NC(=O)C(C)C)CCCCN(C)C(=O)[C@@H](c2ccc(F)cc2)NC1=O.CC[C@@H]1NC(=O)[C@H](CCCN=C(N)N)CC(=O)[C@](C)(NC(=O)C(C)C)CCCCN(C)C(=O)[C@@H](c2ccccc2)NC1=O. The van der Waals surface area contributed by atoms with Gasteiger partial charge in [-0.1, -0.05) is 154 Å². The number of nitrogens with zero attached hydrogens (tertiary/aromatic N) is 5. The minimum Gasteiger partial charge on any atom is -0.370 e. The van der Waals surface area contributed by atoms with Crippen LogP contribution < -0.4 is 87.6 Å². The monoisotopic (exact) mass is 1830 g/mol. The minimum atomic E-state index is -1.25. The molecule has 0 bridgehead atoms. The van der Waals surface area contributed by atoms with Crippen LogP contribution in [0.25, 0.3) is 0 Å². The predicted octanol–water partition coefficient (Wildman–Crippen LogP) is 5.20. The molecule has 3 aliphatic rings. The second-order valence-electron chi connectivity index (χ2n) is 35.7. The van der Waals surface area contributed by atoms with Crippen molar-refractivity contribution in [2.75, 3.05) is 53.4 Å². The lowest BCUT2D eigenvalue weighted by atomic mass is 9.82. The zero-order valence-electron chi connectivity index (χ0n) is 79.2. The number of hydrogen-bond acceptors (Lipinski definition) is 18. The number of halogens is 1. The Kier molecular flexibility index (Phi) is 47.6. The third-order valence-electron chi connectivity index (χ3n) is 23.7. The van der Waals surface area contributed by atoms with Crippen molar-refractivity contribution in [3.8, 4) is 0 Å². The summed E-state index contributed by atoms with van der Waals surface area (Å²) in [6.45, 7) is 22.7. The molecule has 3 saturated heterocycles. The summed E-state index contributed by atoms with van der Waals surface area (Å²) < 4.78 is 13.7. The first-order chi connectivity index (χ1) is 61.8. The summed E-state index contributed by atoms with van der Waals surface area (Å²) in [6.07, 6.45) is 8.52. The molecule has 12 amide bonds. The van der Waals surface area contributed by atoms with Gasteiger partial charge in [0, 0.05) is 108 Å². The topological polar surface area (TPSA) is 576 Å². The Morgan fingerprint density at radius 2 is 0.687 bits per heavy atom. The third-order valence-corrected chi connectivity index (χ3v) is 23.7. The van der Waals surface area contributed by atoms with Crippen LogP contribution in [0, 0.1) is 41.3 Å². The van der Waals surface area contributed by atoms with Gasteiger partial charge >= 0.3 is 0 Å². The molecule has 0 saturated carbocycles. The Labute approximate surface area is 771 Å². The Bertz CT molecular complexity index is 4370. The second-order valence-corrected chi connectivity index (χ2v) is 35.7. The van der Waals surface area contributed by atoms with E-state index in [1.54, 1.807) is 151 Å². The molecule has 0 radical (unpaired) electrons. The number of ketones is 3. The van der Waals surface area contributed by atoms with Crippen LogP contribution >= 0.6 is 0 Å². The molecule has 0 spiro atoms. The van der Waals surface area contributed by atoms with Crippen molar-refractivity contribution in [2.24, 2.45) is 84.9 Å². The van der Waals surface area contributed by atoms with E-state index in [4.69, 9.17) is 34.4 Å². The number of hydrogen-bond donors (Lipinski definition) is 16. The lowest BCUT2D eigenvalue weighted by molar-refractivity contribution is -0.138. The van der Waals surface area contributed by atoms with E-state index in [-0.39, 0.29) is 160 Å². The molecule has 3 aromatic carbocycles. The zero-order chi connectivity index (χ0) is 97.9. The molecule has 3 heterocycles. The van der Waals surface area contributed by atoms with Gasteiger partial charge in [-0.15, -0.1) is 0 Å². The van der Waals surface area contributed by atoms with Crippen LogP contribution in [-0.2, 0) is 71.9 Å². The number of benzene rings is 3. The highest BCUT2D eigenvalue weighted by Crippen LogP contribution is 2.30. The molecular formula is C94H148FN21O15. The fraction of sp³-hybridized carbons (Fsp3) is 0.617. The van der Waals surface area contributed by atoms with Crippen molar-refractivity contribution in [1.82, 2.24) is 63.0 Å². The van der Waals surface area contributed by atoms with Crippen LogP contribution in [0.3, 0.4) is 0 Å². The summed E-state index contributed by atoms with van der Waals surface area (Å²) in [5.41, 5.74) is 30.7. The van der Waals surface area contributed by atoms with E-state index in [2.05, 4.69) is 68.1 Å². The van der Waals surface area contributed by atoms with E-state index in [1.165, 1.54) is 29.2 Å². The van der Waals surface area contributed by atoms with E-state index >= 15 is 0 Å². The fourth-order valence-electron chi connectivity index (χ4n) is 15.1. The predicted molar refractivity (Wildman–Crippen MR) is 501 cm³/mol. The highest BCUT2D eigenvalue weighted by atomic mass is 19.1. The first-order valence-electron chi connectivity index (χ1n) is 46.0. The van der Waals surface area contributed by atoms with Crippen LogP contribution in [0.5, 0.6) is 0 Å². The molecule has 0 aliphatic carbocycles. The van der Waals surface area contributed by atoms with Gasteiger partial charge in [-0.3, -0.25) is 86.9 Å². The number of nitrogens with one attached hydrogen (secondary N) is 10. The van der Waals surface area contributed by atoms with Gasteiger partial charge in [0.25, 0.3) is 0 Å². The number of rotatable bonds is 24. The summed E-state index contributed by atoms with van der Waals surface area (Å²) in [4.78, 5) is 216. The van der Waals surface area contributed by atoms with Crippen molar-refractivity contribution in [3.05, 3.63) is 107 Å². The van der Waals surface area contributed by atoms with Crippen LogP contribution in [0.15, 0.2) is 99.9 Å². The molecule has 726 valence electrons. The lowest BCUT2D eigenvalue weighted by Gasteiger charge is -2.33. The van der Waals surface area contributed by atoms with E-state index in [0.29, 0.717) is 107 Å². The van der Waals surface area contributed by atoms with E-state index in [0.717, 1.165) is 19.3 Å². The highest BCUT2D eigenvalue weighted by Gasteiger charge is 2.43. The molecule has 36 nitrogen and oxygen atoms in total. The zero-order valence-corrected chi connectivity index (χ0v) is 79.2. The number of carbonyl (C=O) groups excluding carboxylic acids is 15. The Morgan fingerprint density at radius 3 is 0.992 bits per heavy atom. The molecule has 37 heteroatoms. The number of likely N-dealkylation sites (N-methyl/N-ethyl adjacent to an activating group) is 2. The molecular weight excluding hydrogens is 1680 g/mol. The van der Waals surface area contributed by atoms with Crippen LogP contribution in [0.4, 0.5) is 4.39 Å². The molecule has 0 aromatic heterocycles. The quantitative estimate of drug-likeness (QED) is 0.0311. The summed E-state index contributed by atoms with van der Waals surface area (Å²) in [5, 5.41) is 28.4. The average Bonchev–Trinajstić information content (AvgIpc) is 0.836. The van der Waals surface area contributed by atoms with Crippen molar-refractivity contribution in [2.45, 2.75) is 284 Å². The van der Waals surface area contributed by atoms with Gasteiger partial charge < -0.3 is 97.4 Å². The van der Waals surface area contributed by atoms with Crippen molar-refractivity contribution >= 4 is 106 Å². The maximum absolute atomic E-state index is 13.8. The summed E-state index contributed by atoms with van der Waals surface area (Å²) in [7, 11) is 3.27. The first kappa shape index (κ1) is 111. The maximum atomic E-state index is 13.8. The average molecular weight is 1830 g/mol. The molecule has 3 aliphatic heterocycles. The van der Waals surface area contributed by atoms with Crippen molar-refractivity contribution in [1.29, 1.82) is 0 Å². The number of carbonyl (C=O) groups is 15. The number of nitrogens with two attached hydrogens (primary N) is 6. The number of guanidine groups is 3. The van der Waals surface area contributed by atoms with E-state index in [1.807, 2.05) is 12.1 Å². The Balaban J connectivity index is 0.000000411. The molecule has 22 N–H and O–H groups in total. The van der Waals surface area contributed by atoms with E-state index < -0.39 is 118 Å². The normalized spacial score (nSPS) is 24.6. The van der Waals surface area contributed by atoms with Crippen LogP contribution in [0.2, 0.25) is 0 Å². The smallest absolute Gasteiger partial charge is 0.249 e. The largest absolute Gasteiger partial charge is 0.370 e. The highest BCUT2D eigenvalue weighted by molar-refractivity contribution is 6.01. The number of aliphatic imine (C=N–C) groups is 3. The number of amides is 12. The molecule has 12 atom stereocenters. The van der Waals surface area contributed by atoms with Gasteiger partial charge in [-0.2, -0.15) is 0 Å². The number of Topliss-reactive ketones (excluding diaryl/α,β-unsaturated/α-hetero) is 3. The van der Waals surface area contributed by atoms with Gasteiger partial charge in [0.05, 0.1) is 16.6 Å².